The van der Waals surface area contributed by atoms with Crippen molar-refractivity contribution in [3.05, 3.63) is 58.1 Å². The summed E-state index contributed by atoms with van der Waals surface area (Å²) in [6.07, 6.45) is -4.67. The van der Waals surface area contributed by atoms with Gasteiger partial charge in [-0.2, -0.15) is 17.5 Å². The summed E-state index contributed by atoms with van der Waals surface area (Å²) in [5.41, 5.74) is -1.43. The van der Waals surface area contributed by atoms with Crippen molar-refractivity contribution >= 4 is 44.8 Å². The van der Waals surface area contributed by atoms with Crippen LogP contribution in [0.15, 0.2) is 47.4 Å². The topological polar surface area (TPSA) is 69.7 Å². The molecule has 0 bridgehead atoms. The van der Waals surface area contributed by atoms with Crippen molar-refractivity contribution < 1.29 is 26.4 Å². The first-order valence-corrected chi connectivity index (χ1v) is 11.3. The number of halogens is 5. The van der Waals surface area contributed by atoms with E-state index in [1.54, 1.807) is 17.0 Å². The number of rotatable bonds is 5. The molecular formula is C19H18Cl2F3N3O3S. The van der Waals surface area contributed by atoms with Gasteiger partial charge in [-0.15, -0.1) is 0 Å². The third-order valence-corrected chi connectivity index (χ3v) is 7.35. The van der Waals surface area contributed by atoms with Gasteiger partial charge >= 0.3 is 6.18 Å². The first kappa shape index (κ1) is 23.8. The number of carbonyl (C=O) groups excluding carboxylic acids is 1. The third-order valence-electron chi connectivity index (χ3n) is 4.71. The predicted octanol–water partition coefficient (Wildman–Crippen LogP) is 3.96. The van der Waals surface area contributed by atoms with Crippen LogP contribution in [0.1, 0.15) is 5.56 Å². The number of carbonyl (C=O) groups is 1. The van der Waals surface area contributed by atoms with E-state index in [1.165, 1.54) is 22.5 Å². The van der Waals surface area contributed by atoms with Crippen LogP contribution in [0.5, 0.6) is 0 Å². The highest BCUT2D eigenvalue weighted by atomic mass is 35.5. The van der Waals surface area contributed by atoms with E-state index in [1.807, 2.05) is 0 Å². The van der Waals surface area contributed by atoms with Gasteiger partial charge < -0.3 is 5.32 Å². The van der Waals surface area contributed by atoms with Gasteiger partial charge in [0.2, 0.25) is 15.9 Å². The Bertz CT molecular complexity index is 1070. The number of alkyl halides is 3. The lowest BCUT2D eigenvalue weighted by Crippen LogP contribution is -2.50. The molecule has 12 heteroatoms. The van der Waals surface area contributed by atoms with Crippen LogP contribution in [0.4, 0.5) is 18.9 Å². The number of nitrogens with one attached hydrogen (secondary N) is 1. The standard InChI is InChI=1S/C19H18Cl2F3N3O3S/c20-13-5-6-16(14(11-13)19(22,23)24)25-18(28)12-26-7-9-27(10-8-26)31(29,30)17-4-2-1-3-15(17)21/h1-6,11H,7-10,12H2,(H,25,28). The van der Waals surface area contributed by atoms with E-state index in [0.29, 0.717) is 0 Å². The molecule has 1 fully saturated rings. The summed E-state index contributed by atoms with van der Waals surface area (Å²) < 4.78 is 66.3. The van der Waals surface area contributed by atoms with Crippen LogP contribution in [0.3, 0.4) is 0 Å². The van der Waals surface area contributed by atoms with Gasteiger partial charge in [0.25, 0.3) is 0 Å². The van der Waals surface area contributed by atoms with E-state index in [-0.39, 0.29) is 53.4 Å². The van der Waals surface area contributed by atoms with Gasteiger partial charge in [-0.3, -0.25) is 9.69 Å². The number of benzene rings is 2. The van der Waals surface area contributed by atoms with Gasteiger partial charge in [-0.25, -0.2) is 8.42 Å². The molecule has 1 heterocycles. The molecule has 0 aliphatic carbocycles. The summed E-state index contributed by atoms with van der Waals surface area (Å²) in [4.78, 5) is 14.0. The second kappa shape index (κ2) is 9.33. The minimum absolute atomic E-state index is 0.00489. The Kier molecular flexibility index (Phi) is 7.17. The van der Waals surface area contributed by atoms with Crippen molar-refractivity contribution in [2.45, 2.75) is 11.1 Å². The molecule has 0 atom stereocenters. The Balaban J connectivity index is 1.61. The lowest BCUT2D eigenvalue weighted by atomic mass is 10.1. The van der Waals surface area contributed by atoms with Crippen molar-refractivity contribution in [3.8, 4) is 0 Å². The molecule has 3 rings (SSSR count). The monoisotopic (exact) mass is 495 g/mol. The van der Waals surface area contributed by atoms with E-state index in [4.69, 9.17) is 23.2 Å². The summed E-state index contributed by atoms with van der Waals surface area (Å²) in [6.45, 7) is 0.540. The summed E-state index contributed by atoms with van der Waals surface area (Å²) in [5, 5.41) is 2.28. The highest BCUT2D eigenvalue weighted by Gasteiger charge is 2.35. The molecule has 1 aliphatic rings. The molecule has 0 saturated carbocycles. The zero-order chi connectivity index (χ0) is 22.8. The molecule has 31 heavy (non-hydrogen) atoms. The van der Waals surface area contributed by atoms with Crippen LogP contribution >= 0.6 is 23.2 Å². The second-order valence-corrected chi connectivity index (χ2v) is 9.60. The zero-order valence-electron chi connectivity index (χ0n) is 16.0. The number of piperazine rings is 1. The Hall–Kier alpha value is -1.85. The number of sulfonamides is 1. The van der Waals surface area contributed by atoms with E-state index in [0.717, 1.165) is 12.1 Å². The van der Waals surface area contributed by atoms with Crippen LogP contribution in [0.2, 0.25) is 10.0 Å². The largest absolute Gasteiger partial charge is 0.418 e. The number of anilines is 1. The van der Waals surface area contributed by atoms with E-state index in [9.17, 15) is 26.4 Å². The molecule has 1 amide bonds. The van der Waals surface area contributed by atoms with Crippen molar-refractivity contribution in [1.29, 1.82) is 0 Å². The number of amides is 1. The molecule has 2 aromatic carbocycles. The average Bonchev–Trinajstić information content (AvgIpc) is 2.69. The first-order chi connectivity index (χ1) is 14.5. The van der Waals surface area contributed by atoms with Gasteiger partial charge in [0.1, 0.15) is 4.90 Å². The van der Waals surface area contributed by atoms with Crippen molar-refractivity contribution in [2.75, 3.05) is 38.0 Å². The lowest BCUT2D eigenvalue weighted by Gasteiger charge is -2.33. The molecule has 1 saturated heterocycles. The quantitative estimate of drug-likeness (QED) is 0.681. The molecule has 0 spiro atoms. The average molecular weight is 496 g/mol. The number of hydrogen-bond acceptors (Lipinski definition) is 4. The normalized spacial score (nSPS) is 16.3. The molecule has 2 aromatic rings. The van der Waals surface area contributed by atoms with Crippen LogP contribution in [-0.2, 0) is 21.0 Å². The van der Waals surface area contributed by atoms with E-state index in [2.05, 4.69) is 5.32 Å². The Labute approximate surface area is 187 Å². The summed E-state index contributed by atoms with van der Waals surface area (Å²) >= 11 is 11.6. The minimum Gasteiger partial charge on any atom is -0.324 e. The molecular weight excluding hydrogens is 478 g/mol. The highest BCUT2D eigenvalue weighted by molar-refractivity contribution is 7.89. The van der Waals surface area contributed by atoms with Crippen LogP contribution in [0.25, 0.3) is 0 Å². The fourth-order valence-electron chi connectivity index (χ4n) is 3.17. The Morgan fingerprint density at radius 3 is 2.29 bits per heavy atom. The van der Waals surface area contributed by atoms with Crippen molar-refractivity contribution in [3.63, 3.8) is 0 Å². The Morgan fingerprint density at radius 2 is 1.68 bits per heavy atom. The van der Waals surface area contributed by atoms with Gasteiger partial charge in [0.05, 0.1) is 22.8 Å². The van der Waals surface area contributed by atoms with Gasteiger partial charge in [0.15, 0.2) is 0 Å². The van der Waals surface area contributed by atoms with Crippen LogP contribution in [-0.4, -0.2) is 56.3 Å². The zero-order valence-corrected chi connectivity index (χ0v) is 18.3. The molecule has 1 N–H and O–H groups in total. The van der Waals surface area contributed by atoms with Crippen LogP contribution in [0, 0.1) is 0 Å². The van der Waals surface area contributed by atoms with Gasteiger partial charge in [0, 0.05) is 31.2 Å². The molecule has 0 radical (unpaired) electrons. The third kappa shape index (κ3) is 5.69. The number of nitrogens with zero attached hydrogens (tertiary/aromatic N) is 2. The predicted molar refractivity (Wildman–Crippen MR) is 112 cm³/mol. The van der Waals surface area contributed by atoms with E-state index < -0.39 is 27.7 Å². The fourth-order valence-corrected chi connectivity index (χ4v) is 5.26. The maximum Gasteiger partial charge on any atom is 0.418 e. The summed E-state index contributed by atoms with van der Waals surface area (Å²) in [6, 6.07) is 9.20. The van der Waals surface area contributed by atoms with Gasteiger partial charge in [-0.1, -0.05) is 35.3 Å². The van der Waals surface area contributed by atoms with Crippen molar-refractivity contribution in [1.82, 2.24) is 9.21 Å². The SMILES string of the molecule is O=C(CN1CCN(S(=O)(=O)c2ccccc2Cl)CC1)Nc1ccc(Cl)cc1C(F)(F)F. The minimum atomic E-state index is -4.67. The maximum atomic E-state index is 13.2. The van der Waals surface area contributed by atoms with Crippen LogP contribution < -0.4 is 5.32 Å². The molecule has 168 valence electrons. The second-order valence-electron chi connectivity index (χ2n) is 6.85. The number of hydrogen-bond donors (Lipinski definition) is 1. The first-order valence-electron chi connectivity index (χ1n) is 9.12. The smallest absolute Gasteiger partial charge is 0.324 e. The van der Waals surface area contributed by atoms with E-state index >= 15 is 0 Å². The summed E-state index contributed by atoms with van der Waals surface area (Å²) in [5.74, 6) is -0.643. The van der Waals surface area contributed by atoms with Gasteiger partial charge in [-0.05, 0) is 30.3 Å². The van der Waals surface area contributed by atoms with Crippen molar-refractivity contribution in [2.24, 2.45) is 0 Å². The lowest BCUT2D eigenvalue weighted by molar-refractivity contribution is -0.137. The maximum absolute atomic E-state index is 13.2. The summed E-state index contributed by atoms with van der Waals surface area (Å²) in [7, 11) is -3.78. The molecule has 0 unspecified atom stereocenters. The molecule has 1 aliphatic heterocycles. The molecule has 6 nitrogen and oxygen atoms in total. The molecule has 0 aromatic heterocycles. The highest BCUT2D eigenvalue weighted by Crippen LogP contribution is 2.36. The Morgan fingerprint density at radius 1 is 1.03 bits per heavy atom. The fraction of sp³-hybridized carbons (Fsp3) is 0.316.